The van der Waals surface area contributed by atoms with E-state index in [1.54, 1.807) is 59.3 Å². The largest absolute Gasteiger partial charge is 0.0628 e. The van der Waals surface area contributed by atoms with E-state index in [9.17, 15) is 0 Å². The van der Waals surface area contributed by atoms with Gasteiger partial charge in [-0.1, -0.05) is 370 Å². The van der Waals surface area contributed by atoms with Gasteiger partial charge in [0.15, 0.2) is 0 Å². The Bertz CT molecular complexity index is 1780. The summed E-state index contributed by atoms with van der Waals surface area (Å²) in [6.07, 6.45) is 30.1. The highest BCUT2D eigenvalue weighted by atomic mass is 14.6. The van der Waals surface area contributed by atoms with Gasteiger partial charge in [-0.2, -0.15) is 0 Å². The van der Waals surface area contributed by atoms with E-state index in [4.69, 9.17) is 6.85 Å². The van der Waals surface area contributed by atoms with Crippen LogP contribution in [0.25, 0.3) is 0 Å². The third kappa shape index (κ3) is 59.8. The van der Waals surface area contributed by atoms with Crippen LogP contribution >= 0.6 is 0 Å². The van der Waals surface area contributed by atoms with E-state index in [2.05, 4.69) is 284 Å². The van der Waals surface area contributed by atoms with Gasteiger partial charge in [-0.05, 0) is 219 Å². The van der Waals surface area contributed by atoms with Crippen LogP contribution in [-0.4, -0.2) is 0 Å². The fraction of sp³-hybridized carbons (Fsp3) is 1.00. The molecule has 7 saturated carbocycles. The summed E-state index contributed by atoms with van der Waals surface area (Å²) in [6, 6.07) is 0. The SMILES string of the molecule is CC(C)(C)C.CC(C)(C)C(C)(C)C.CC(C)(C)C12CC3CC(CC(C3)C1)C2.CC(C)(C)C1CCCC1.CC(C)(C)C1CCCCC1.CC(C)(C)CC(C)(C)C.CC(C)C(C)(C)C.CC(C)CC(C)(C)C.[2H]C(C)(C)C(C)(C)C.[2H]C([2H])([2H])C(C)(C)C.[2H]C1(C(C)(C)C)CCCC1. The summed E-state index contributed by atoms with van der Waals surface area (Å²) < 4.78 is 36.5. The van der Waals surface area contributed by atoms with Crippen molar-refractivity contribution in [3.63, 3.8) is 0 Å². The molecule has 0 aromatic heterocycles. The van der Waals surface area contributed by atoms with Crippen molar-refractivity contribution in [2.45, 2.75) is 460 Å². The lowest BCUT2D eigenvalue weighted by molar-refractivity contribution is -0.113. The van der Waals surface area contributed by atoms with Crippen LogP contribution in [0.2, 0.25) is 0 Å². The van der Waals surface area contributed by atoms with Crippen molar-refractivity contribution < 1.29 is 6.85 Å². The molecule has 0 aliphatic heterocycles. The molecule has 556 valence electrons. The Morgan fingerprint density at radius 1 is 0.363 bits per heavy atom. The Morgan fingerprint density at radius 2 is 0.604 bits per heavy atom. The number of rotatable bonds is 1. The molecule has 0 atom stereocenters. The molecule has 91 heavy (non-hydrogen) atoms. The van der Waals surface area contributed by atoms with Crippen LogP contribution < -0.4 is 0 Å². The van der Waals surface area contributed by atoms with Gasteiger partial charge in [-0.15, -0.1) is 0 Å². The van der Waals surface area contributed by atoms with Gasteiger partial charge < -0.3 is 0 Å². The predicted octanol–water partition coefficient (Wildman–Crippen LogP) is 33.4. The second-order valence-corrected chi connectivity index (χ2v) is 46.5. The van der Waals surface area contributed by atoms with Gasteiger partial charge in [0.1, 0.15) is 0 Å². The molecule has 7 aliphatic carbocycles. The Balaban J connectivity index is -0.000000319. The van der Waals surface area contributed by atoms with E-state index in [0.717, 1.165) is 59.7 Å². The molecule has 0 aromatic rings. The average Bonchev–Trinajstić information content (AvgIpc) is 0.854. The Labute approximate surface area is 593 Å². The Morgan fingerprint density at radius 3 is 0.714 bits per heavy atom. The van der Waals surface area contributed by atoms with E-state index < -0.39 is 12.3 Å². The maximum atomic E-state index is 8.13. The van der Waals surface area contributed by atoms with Crippen LogP contribution in [0, 0.1) is 129 Å². The highest BCUT2D eigenvalue weighted by molar-refractivity contribution is 5.05. The van der Waals surface area contributed by atoms with E-state index in [0.29, 0.717) is 54.1 Å². The number of hydrogen-bond donors (Lipinski definition) is 0. The van der Waals surface area contributed by atoms with E-state index >= 15 is 0 Å². The molecular weight excluding hydrogens is 1090 g/mol. The monoisotopic (exact) mass is 1290 g/mol. The lowest BCUT2D eigenvalue weighted by Gasteiger charge is -2.62. The molecule has 0 spiro atoms. The molecule has 0 aromatic carbocycles. The third-order valence-electron chi connectivity index (χ3n) is 20.9. The third-order valence-corrected chi connectivity index (χ3v) is 20.9. The molecule has 0 heterocycles. The molecule has 0 saturated heterocycles. The zero-order valence-corrected chi connectivity index (χ0v) is 73.4. The molecule has 0 nitrogen and oxygen atoms in total. The molecule has 0 heteroatoms. The van der Waals surface area contributed by atoms with E-state index in [1.165, 1.54) is 83.5 Å². The first kappa shape index (κ1) is 89.0. The van der Waals surface area contributed by atoms with Gasteiger partial charge in [0.25, 0.3) is 0 Å². The topological polar surface area (TPSA) is 0 Å². The van der Waals surface area contributed by atoms with Crippen LogP contribution in [0.15, 0.2) is 0 Å². The molecule has 7 aliphatic rings. The highest BCUT2D eigenvalue weighted by Gasteiger charge is 2.55. The maximum absolute atomic E-state index is 8.13. The van der Waals surface area contributed by atoms with Crippen molar-refractivity contribution in [3.05, 3.63) is 0 Å². The van der Waals surface area contributed by atoms with Crippen molar-refractivity contribution in [1.29, 1.82) is 0 Å². The molecule has 4 bridgehead atoms. The lowest BCUT2D eigenvalue weighted by atomic mass is 9.43. The average molecular weight is 1290 g/mol. The van der Waals surface area contributed by atoms with Crippen LogP contribution in [0.5, 0.6) is 0 Å². The molecule has 0 radical (unpaired) electrons. The van der Waals surface area contributed by atoms with Crippen molar-refractivity contribution in [1.82, 2.24) is 0 Å². The summed E-state index contributed by atoms with van der Waals surface area (Å²) in [5.74, 6) is 6.56. The standard InChI is InChI=1S/C14H24.C10H20.2C9H18.C9H20.2C8H18.2C7H16.2C5H12/c1-13(2,3)14-7-10-4-11(8-14)6-12(5-10)9-14;1-10(2,3)9-7-5-4-6-8-9;2*1-9(2,3)8-6-4-5-7-8;1-8(2,3)7-9(4,5)6;1-7(2)6-8(3,4)5;1-7(2,3)8(4,5)6;2*1-6(2)7(3,4)5;2*1-5(2,3)4/h10-12H,4-9H2,1-3H3;9H,4-8H2,1-3H3;2*8H,4-7H2,1-3H3;7H2,1-6H3;7H,6H2,1-5H3;1-6H3;2*6H,1-5H3;2*1-4H3/i;;8D;;;;;6D;;1D3;. The van der Waals surface area contributed by atoms with Crippen molar-refractivity contribution >= 4 is 0 Å². The second-order valence-electron chi connectivity index (χ2n) is 46.5. The van der Waals surface area contributed by atoms with Crippen LogP contribution in [-0.2, 0) is 0 Å². The number of hydrogen-bond acceptors (Lipinski definition) is 0. The van der Waals surface area contributed by atoms with Gasteiger partial charge >= 0.3 is 0 Å². The summed E-state index contributed by atoms with van der Waals surface area (Å²) in [5.41, 5.74) is 5.54. The van der Waals surface area contributed by atoms with Gasteiger partial charge in [0, 0.05) is 6.85 Å². The van der Waals surface area contributed by atoms with Crippen LogP contribution in [0.4, 0.5) is 0 Å². The van der Waals surface area contributed by atoms with Crippen molar-refractivity contribution in [2.24, 2.45) is 129 Å². The predicted molar refractivity (Wildman–Crippen MR) is 429 cm³/mol. The molecule has 7 rings (SSSR count). The first-order valence-electron chi connectivity index (χ1n) is 41.5. The first-order chi connectivity index (χ1) is 41.5. The summed E-state index contributed by atoms with van der Waals surface area (Å²) >= 11 is 0. The van der Waals surface area contributed by atoms with Gasteiger partial charge in [-0.3, -0.25) is 0 Å². The molecule has 0 amide bonds. The van der Waals surface area contributed by atoms with Crippen LogP contribution in [0.3, 0.4) is 0 Å². The normalized spacial score (nSPS) is 23.4. The minimum Gasteiger partial charge on any atom is -0.0628 e. The van der Waals surface area contributed by atoms with Gasteiger partial charge in [0.2, 0.25) is 0 Å². The summed E-state index contributed by atoms with van der Waals surface area (Å²) in [4.78, 5) is 0. The minimum atomic E-state index is -1.81. The summed E-state index contributed by atoms with van der Waals surface area (Å²) in [5, 5.41) is 0. The molecule has 0 N–H and O–H groups in total. The molecular formula is C91H192. The minimum absolute atomic E-state index is 0.104. The van der Waals surface area contributed by atoms with Crippen LogP contribution in [0.1, 0.15) is 467 Å². The highest BCUT2D eigenvalue weighted by Crippen LogP contribution is 2.65. The lowest BCUT2D eigenvalue weighted by Crippen LogP contribution is -2.51. The first-order valence-corrected chi connectivity index (χ1v) is 39.0. The zero-order chi connectivity index (χ0) is 78.4. The molecule has 0 unspecified atom stereocenters. The molecule has 7 fully saturated rings. The van der Waals surface area contributed by atoms with E-state index in [-0.39, 0.29) is 22.6 Å². The summed E-state index contributed by atoms with van der Waals surface area (Å²) in [6.45, 7) is 100. The van der Waals surface area contributed by atoms with Crippen molar-refractivity contribution in [3.8, 4) is 0 Å². The Hall–Kier alpha value is 0. The quantitative estimate of drug-likeness (QED) is 0.245. The smallest absolute Gasteiger partial charge is 0.0308 e. The fourth-order valence-corrected chi connectivity index (χ4v) is 13.2. The summed E-state index contributed by atoms with van der Waals surface area (Å²) in [7, 11) is 0. The zero-order valence-electron chi connectivity index (χ0n) is 78.4. The second kappa shape index (κ2) is 40.9. The van der Waals surface area contributed by atoms with E-state index in [1.807, 2.05) is 13.8 Å². The van der Waals surface area contributed by atoms with Crippen molar-refractivity contribution in [2.75, 3.05) is 0 Å². The van der Waals surface area contributed by atoms with Gasteiger partial charge in [-0.25, -0.2) is 0 Å². The fourth-order valence-electron chi connectivity index (χ4n) is 13.2. The van der Waals surface area contributed by atoms with Gasteiger partial charge in [0.05, 0.1) is 0 Å². The Kier molecular flexibility index (Phi) is 40.0. The maximum Gasteiger partial charge on any atom is 0.0308 e.